The number of benzene rings is 2. The summed E-state index contributed by atoms with van der Waals surface area (Å²) in [5.41, 5.74) is 5.28. The van der Waals surface area contributed by atoms with Crippen LogP contribution in [0.2, 0.25) is 0 Å². The fraction of sp³-hybridized carbons (Fsp3) is 0.250. The van der Waals surface area contributed by atoms with Crippen molar-refractivity contribution >= 4 is 39.3 Å². The largest absolute Gasteiger partial charge is 0.356 e. The molecule has 2 amide bonds. The van der Waals surface area contributed by atoms with E-state index >= 15 is 0 Å². The highest BCUT2D eigenvalue weighted by atomic mass is 16.2. The molecule has 1 aliphatic rings. The predicted octanol–water partition coefficient (Wildman–Crippen LogP) is 4.27. The lowest BCUT2D eigenvalue weighted by Crippen LogP contribution is -2.33. The first-order chi connectivity index (χ1) is 14.6. The van der Waals surface area contributed by atoms with Gasteiger partial charge in [-0.3, -0.25) is 9.59 Å². The molecule has 1 aliphatic carbocycles. The number of aromatic amines is 1. The summed E-state index contributed by atoms with van der Waals surface area (Å²) in [6.45, 7) is 1.73. The second-order valence-corrected chi connectivity index (χ2v) is 7.94. The maximum Gasteiger partial charge on any atom is 0.240 e. The van der Waals surface area contributed by atoms with Crippen LogP contribution in [0.25, 0.3) is 21.8 Å². The minimum Gasteiger partial charge on any atom is -0.356 e. The van der Waals surface area contributed by atoms with Gasteiger partial charge in [-0.05, 0) is 49.1 Å². The Balaban J connectivity index is 1.37. The molecule has 4 aromatic rings. The molecule has 2 aromatic carbocycles. The zero-order chi connectivity index (χ0) is 20.7. The number of carbonyl (C=O) groups is 2. The number of amides is 2. The molecule has 0 radical (unpaired) electrons. The Hall–Kier alpha value is -3.54. The third-order valence-corrected chi connectivity index (χ3v) is 5.89. The van der Waals surface area contributed by atoms with Crippen molar-refractivity contribution in [1.82, 2.24) is 14.9 Å². The minimum atomic E-state index is -0.112. The molecule has 0 fully saturated rings. The normalized spacial score (nSPS) is 15.8. The van der Waals surface area contributed by atoms with Gasteiger partial charge in [0.15, 0.2) is 0 Å². The van der Waals surface area contributed by atoms with E-state index in [9.17, 15) is 9.59 Å². The van der Waals surface area contributed by atoms with Gasteiger partial charge >= 0.3 is 0 Å². The molecule has 6 heteroatoms. The van der Waals surface area contributed by atoms with Crippen LogP contribution in [0.1, 0.15) is 37.1 Å². The monoisotopic (exact) mass is 400 g/mol. The Kier molecular flexibility index (Phi) is 4.54. The molecule has 0 spiro atoms. The van der Waals surface area contributed by atoms with Gasteiger partial charge in [0.05, 0.1) is 17.2 Å². The van der Waals surface area contributed by atoms with E-state index in [0.717, 1.165) is 47.1 Å². The molecule has 0 saturated heterocycles. The first-order valence-electron chi connectivity index (χ1n) is 10.3. The van der Waals surface area contributed by atoms with Gasteiger partial charge < -0.3 is 20.2 Å². The van der Waals surface area contributed by atoms with Crippen LogP contribution < -0.4 is 10.6 Å². The number of aryl methyl sites for hydroxylation is 1. The molecule has 2 aromatic heterocycles. The molecule has 0 aliphatic heterocycles. The third kappa shape index (κ3) is 3.24. The molecular weight excluding hydrogens is 376 g/mol. The second kappa shape index (κ2) is 7.37. The highest BCUT2D eigenvalue weighted by molar-refractivity contribution is 6.01. The fourth-order valence-corrected chi connectivity index (χ4v) is 4.61. The maximum atomic E-state index is 12.9. The molecule has 2 heterocycles. The van der Waals surface area contributed by atoms with Crippen LogP contribution in [0.5, 0.6) is 0 Å². The molecule has 3 N–H and O–H groups in total. The van der Waals surface area contributed by atoms with E-state index in [1.807, 2.05) is 41.1 Å². The van der Waals surface area contributed by atoms with Crippen LogP contribution >= 0.6 is 0 Å². The van der Waals surface area contributed by atoms with E-state index in [0.29, 0.717) is 0 Å². The summed E-state index contributed by atoms with van der Waals surface area (Å²) in [4.78, 5) is 27.9. The number of H-pyrrole nitrogens is 1. The van der Waals surface area contributed by atoms with Gasteiger partial charge in [-0.15, -0.1) is 0 Å². The lowest BCUT2D eigenvalue weighted by atomic mass is 9.91. The first-order valence-corrected chi connectivity index (χ1v) is 10.3. The predicted molar refractivity (Wildman–Crippen MR) is 118 cm³/mol. The lowest BCUT2D eigenvalue weighted by molar-refractivity contribution is -0.122. The standard InChI is InChI=1S/C24H24N4O2/c1-15(29)25-20-9-5-11-22-18(20)12-13-28(22)14-23(30)26-21-10-4-7-17-16-6-2-3-8-19(16)27-24(17)21/h2-3,5-6,8-9,11-13,21,27H,4,7,10,14H2,1H3,(H,25,29)(H,26,30). The number of aromatic nitrogens is 2. The van der Waals surface area contributed by atoms with Gasteiger partial charge in [0.1, 0.15) is 6.54 Å². The fourth-order valence-electron chi connectivity index (χ4n) is 4.61. The van der Waals surface area contributed by atoms with Crippen molar-refractivity contribution in [2.24, 2.45) is 0 Å². The summed E-state index contributed by atoms with van der Waals surface area (Å²) in [5.74, 6) is -0.131. The number of hydrogen-bond acceptors (Lipinski definition) is 2. The molecule has 30 heavy (non-hydrogen) atoms. The molecule has 1 atom stereocenters. The molecule has 6 nitrogen and oxygen atoms in total. The Labute approximate surface area is 174 Å². The summed E-state index contributed by atoms with van der Waals surface area (Å²) >= 11 is 0. The van der Waals surface area contributed by atoms with Gasteiger partial charge in [-0.25, -0.2) is 0 Å². The van der Waals surface area contributed by atoms with Crippen molar-refractivity contribution in [2.75, 3.05) is 5.32 Å². The van der Waals surface area contributed by atoms with E-state index in [1.54, 1.807) is 0 Å². The van der Waals surface area contributed by atoms with Crippen LogP contribution in [0.15, 0.2) is 54.7 Å². The van der Waals surface area contributed by atoms with Crippen LogP contribution in [-0.4, -0.2) is 21.4 Å². The maximum absolute atomic E-state index is 12.9. The number of fused-ring (bicyclic) bond motifs is 4. The number of nitrogens with zero attached hydrogens (tertiary/aromatic N) is 1. The number of nitrogens with one attached hydrogen (secondary N) is 3. The van der Waals surface area contributed by atoms with Gasteiger partial charge in [0.2, 0.25) is 11.8 Å². The highest BCUT2D eigenvalue weighted by Crippen LogP contribution is 2.34. The Bertz CT molecular complexity index is 1270. The van der Waals surface area contributed by atoms with E-state index in [-0.39, 0.29) is 24.4 Å². The number of anilines is 1. The number of carbonyl (C=O) groups excluding carboxylic acids is 2. The average Bonchev–Trinajstić information content (AvgIpc) is 3.31. The quantitative estimate of drug-likeness (QED) is 0.478. The third-order valence-electron chi connectivity index (χ3n) is 5.89. The highest BCUT2D eigenvalue weighted by Gasteiger charge is 2.25. The summed E-state index contributed by atoms with van der Waals surface area (Å²) in [5, 5.41) is 8.26. The minimum absolute atomic E-state index is 0.00502. The van der Waals surface area contributed by atoms with Crippen molar-refractivity contribution in [1.29, 1.82) is 0 Å². The van der Waals surface area contributed by atoms with Crippen molar-refractivity contribution in [3.63, 3.8) is 0 Å². The molecule has 1 unspecified atom stereocenters. The van der Waals surface area contributed by atoms with Crippen LogP contribution in [0, 0.1) is 0 Å². The van der Waals surface area contributed by atoms with Gasteiger partial charge in [0, 0.05) is 35.1 Å². The SMILES string of the molecule is CC(=O)Nc1cccc2c1ccn2CC(=O)NC1CCCc2c1[nH]c1ccccc21. The first kappa shape index (κ1) is 18.5. The topological polar surface area (TPSA) is 78.9 Å². The molecule has 5 rings (SSSR count). The summed E-state index contributed by atoms with van der Waals surface area (Å²) in [6.07, 6.45) is 4.93. The Morgan fingerprint density at radius 2 is 1.97 bits per heavy atom. The zero-order valence-electron chi connectivity index (χ0n) is 16.9. The summed E-state index contributed by atoms with van der Waals surface area (Å²) in [7, 11) is 0. The summed E-state index contributed by atoms with van der Waals surface area (Å²) in [6, 6.07) is 16.0. The van der Waals surface area contributed by atoms with E-state index in [1.165, 1.54) is 17.9 Å². The Morgan fingerprint density at radius 1 is 1.10 bits per heavy atom. The van der Waals surface area contributed by atoms with Crippen LogP contribution in [-0.2, 0) is 22.6 Å². The number of hydrogen-bond donors (Lipinski definition) is 3. The zero-order valence-corrected chi connectivity index (χ0v) is 16.9. The van der Waals surface area contributed by atoms with Crippen LogP contribution in [0.4, 0.5) is 5.69 Å². The number of para-hydroxylation sites is 1. The molecule has 0 bridgehead atoms. The number of rotatable bonds is 4. The molecule has 0 saturated carbocycles. The lowest BCUT2D eigenvalue weighted by Gasteiger charge is -2.24. The van der Waals surface area contributed by atoms with Gasteiger partial charge in [0.25, 0.3) is 0 Å². The second-order valence-electron chi connectivity index (χ2n) is 7.94. The van der Waals surface area contributed by atoms with Crippen LogP contribution in [0.3, 0.4) is 0 Å². The van der Waals surface area contributed by atoms with Crippen molar-refractivity contribution in [2.45, 2.75) is 38.8 Å². The molecular formula is C24H24N4O2. The molecule has 152 valence electrons. The van der Waals surface area contributed by atoms with E-state index < -0.39 is 0 Å². The average molecular weight is 400 g/mol. The van der Waals surface area contributed by atoms with E-state index in [4.69, 9.17) is 0 Å². The van der Waals surface area contributed by atoms with Gasteiger partial charge in [-0.1, -0.05) is 24.3 Å². The van der Waals surface area contributed by atoms with Crippen molar-refractivity contribution in [3.8, 4) is 0 Å². The van der Waals surface area contributed by atoms with Crippen molar-refractivity contribution < 1.29 is 9.59 Å². The van der Waals surface area contributed by atoms with Crippen molar-refractivity contribution in [3.05, 3.63) is 66.0 Å². The summed E-state index contributed by atoms with van der Waals surface area (Å²) < 4.78 is 1.92. The van der Waals surface area contributed by atoms with Gasteiger partial charge in [-0.2, -0.15) is 0 Å². The van der Waals surface area contributed by atoms with E-state index in [2.05, 4.69) is 33.8 Å². The smallest absolute Gasteiger partial charge is 0.240 e. The Morgan fingerprint density at radius 3 is 2.83 bits per heavy atom.